The average molecular weight is 210 g/mol. The second-order valence-corrected chi connectivity index (χ2v) is 4.94. The zero-order valence-corrected chi connectivity index (χ0v) is 9.67. The van der Waals surface area contributed by atoms with Gasteiger partial charge in [-0.2, -0.15) is 0 Å². The number of nitrogens with one attached hydrogen (secondary N) is 1. The fraction of sp³-hybridized carbons (Fsp3) is 0.917. The minimum atomic E-state index is 0.251. The molecule has 0 bridgehead atoms. The van der Waals surface area contributed by atoms with Crippen LogP contribution < -0.4 is 5.32 Å². The van der Waals surface area contributed by atoms with E-state index in [-0.39, 0.29) is 12.1 Å². The molecular weight excluding hydrogens is 188 g/mol. The largest absolute Gasteiger partial charge is 0.326 e. The molecule has 2 fully saturated rings. The highest BCUT2D eigenvalue weighted by molar-refractivity contribution is 5.80. The summed E-state index contributed by atoms with van der Waals surface area (Å²) in [6.45, 7) is 3.56. The maximum absolute atomic E-state index is 11.5. The van der Waals surface area contributed by atoms with Crippen LogP contribution in [0.1, 0.15) is 45.4 Å². The van der Waals surface area contributed by atoms with Crippen LogP contribution in [0.15, 0.2) is 0 Å². The van der Waals surface area contributed by atoms with Gasteiger partial charge in [-0.05, 0) is 19.3 Å². The molecule has 1 saturated carbocycles. The van der Waals surface area contributed by atoms with Crippen LogP contribution in [0.2, 0.25) is 0 Å². The van der Waals surface area contributed by atoms with Crippen molar-refractivity contribution in [3.63, 3.8) is 0 Å². The first-order valence-electron chi connectivity index (χ1n) is 6.30. The van der Waals surface area contributed by atoms with Gasteiger partial charge in [0, 0.05) is 6.54 Å². The Bertz CT molecular complexity index is 224. The SMILES string of the molecule is CC1NCC(=O)N1CCC1CCCCC1. The maximum atomic E-state index is 11.5. The molecule has 1 heterocycles. The first-order chi connectivity index (χ1) is 7.27. The lowest BCUT2D eigenvalue weighted by molar-refractivity contribution is -0.127. The van der Waals surface area contributed by atoms with Crippen molar-refractivity contribution in [3.8, 4) is 0 Å². The summed E-state index contributed by atoms with van der Waals surface area (Å²) < 4.78 is 0. The van der Waals surface area contributed by atoms with E-state index < -0.39 is 0 Å². The van der Waals surface area contributed by atoms with Crippen molar-refractivity contribution < 1.29 is 4.79 Å². The maximum Gasteiger partial charge on any atom is 0.237 e. The summed E-state index contributed by atoms with van der Waals surface area (Å²) in [5.41, 5.74) is 0. The highest BCUT2D eigenvalue weighted by Crippen LogP contribution is 2.26. The Kier molecular flexibility index (Phi) is 3.62. The minimum absolute atomic E-state index is 0.251. The van der Waals surface area contributed by atoms with Gasteiger partial charge in [-0.1, -0.05) is 32.1 Å². The van der Waals surface area contributed by atoms with Crippen molar-refractivity contribution in [3.05, 3.63) is 0 Å². The Morgan fingerprint density at radius 2 is 2.07 bits per heavy atom. The molecule has 0 aromatic rings. The fourth-order valence-corrected chi connectivity index (χ4v) is 2.78. The predicted octanol–water partition coefficient (Wildman–Crippen LogP) is 1.73. The van der Waals surface area contributed by atoms with Crippen LogP contribution in [0.5, 0.6) is 0 Å². The number of nitrogens with zero attached hydrogens (tertiary/aromatic N) is 1. The average Bonchev–Trinajstić information content (AvgIpc) is 2.58. The van der Waals surface area contributed by atoms with E-state index in [1.165, 1.54) is 38.5 Å². The van der Waals surface area contributed by atoms with Gasteiger partial charge in [0.2, 0.25) is 5.91 Å². The van der Waals surface area contributed by atoms with Crippen LogP contribution in [-0.4, -0.2) is 30.1 Å². The summed E-state index contributed by atoms with van der Waals surface area (Å²) in [6.07, 6.45) is 8.42. The number of amides is 1. The number of rotatable bonds is 3. The lowest BCUT2D eigenvalue weighted by atomic mass is 9.87. The van der Waals surface area contributed by atoms with E-state index in [2.05, 4.69) is 12.2 Å². The molecule has 86 valence electrons. The molecule has 0 aromatic carbocycles. The van der Waals surface area contributed by atoms with Gasteiger partial charge >= 0.3 is 0 Å². The second kappa shape index (κ2) is 4.97. The number of hydrogen-bond donors (Lipinski definition) is 1. The molecule has 1 amide bonds. The van der Waals surface area contributed by atoms with E-state index >= 15 is 0 Å². The standard InChI is InChI=1S/C12H22N2O/c1-10-13-9-12(15)14(10)8-7-11-5-3-2-4-6-11/h10-11,13H,2-9H2,1H3. The van der Waals surface area contributed by atoms with Crippen LogP contribution in [0, 0.1) is 5.92 Å². The Hall–Kier alpha value is -0.570. The Labute approximate surface area is 92.2 Å². The Morgan fingerprint density at radius 3 is 2.67 bits per heavy atom. The van der Waals surface area contributed by atoms with Crippen LogP contribution >= 0.6 is 0 Å². The summed E-state index contributed by atoms with van der Waals surface area (Å²) in [5, 5.41) is 3.18. The smallest absolute Gasteiger partial charge is 0.237 e. The van der Waals surface area contributed by atoms with Crippen LogP contribution in [0.3, 0.4) is 0 Å². The molecule has 0 aromatic heterocycles. The van der Waals surface area contributed by atoms with E-state index in [9.17, 15) is 4.79 Å². The minimum Gasteiger partial charge on any atom is -0.326 e. The zero-order valence-electron chi connectivity index (χ0n) is 9.67. The van der Waals surface area contributed by atoms with Crippen LogP contribution in [0.4, 0.5) is 0 Å². The highest BCUT2D eigenvalue weighted by atomic mass is 16.2. The topological polar surface area (TPSA) is 32.3 Å². The molecule has 3 nitrogen and oxygen atoms in total. The summed E-state index contributed by atoms with van der Waals surface area (Å²) in [4.78, 5) is 13.5. The summed E-state index contributed by atoms with van der Waals surface area (Å²) in [5.74, 6) is 1.15. The third kappa shape index (κ3) is 2.71. The number of carbonyl (C=O) groups is 1. The van der Waals surface area contributed by atoms with Gasteiger partial charge in [0.1, 0.15) is 0 Å². The van der Waals surface area contributed by atoms with Crippen molar-refractivity contribution in [2.24, 2.45) is 5.92 Å². The van der Waals surface area contributed by atoms with E-state index in [1.54, 1.807) is 0 Å². The van der Waals surface area contributed by atoms with E-state index in [0.717, 1.165) is 12.5 Å². The first-order valence-corrected chi connectivity index (χ1v) is 6.30. The van der Waals surface area contributed by atoms with Crippen molar-refractivity contribution in [2.75, 3.05) is 13.1 Å². The Balaban J connectivity index is 1.74. The van der Waals surface area contributed by atoms with Gasteiger partial charge in [0.25, 0.3) is 0 Å². The summed E-state index contributed by atoms with van der Waals surface area (Å²) in [7, 11) is 0. The molecule has 15 heavy (non-hydrogen) atoms. The number of hydrogen-bond acceptors (Lipinski definition) is 2. The normalized spacial score (nSPS) is 28.7. The predicted molar refractivity (Wildman–Crippen MR) is 60.4 cm³/mol. The number of carbonyl (C=O) groups excluding carboxylic acids is 1. The third-order valence-corrected chi connectivity index (χ3v) is 3.84. The molecule has 2 aliphatic rings. The van der Waals surface area contributed by atoms with Crippen LogP contribution in [-0.2, 0) is 4.79 Å². The monoisotopic (exact) mass is 210 g/mol. The molecule has 1 aliphatic heterocycles. The first kappa shape index (κ1) is 10.9. The Morgan fingerprint density at radius 1 is 1.33 bits per heavy atom. The van der Waals surface area contributed by atoms with Gasteiger partial charge in [0.15, 0.2) is 0 Å². The van der Waals surface area contributed by atoms with Crippen molar-refractivity contribution >= 4 is 5.91 Å². The third-order valence-electron chi connectivity index (χ3n) is 3.84. The second-order valence-electron chi connectivity index (χ2n) is 4.94. The van der Waals surface area contributed by atoms with Gasteiger partial charge in [-0.15, -0.1) is 0 Å². The molecule has 1 unspecified atom stereocenters. The summed E-state index contributed by atoms with van der Waals surface area (Å²) in [6, 6.07) is 0. The lowest BCUT2D eigenvalue weighted by Gasteiger charge is -2.26. The molecule has 1 atom stereocenters. The lowest BCUT2D eigenvalue weighted by Crippen LogP contribution is -2.36. The quantitative estimate of drug-likeness (QED) is 0.769. The van der Waals surface area contributed by atoms with Crippen LogP contribution in [0.25, 0.3) is 0 Å². The van der Waals surface area contributed by atoms with Crippen molar-refractivity contribution in [2.45, 2.75) is 51.6 Å². The molecule has 2 rings (SSSR count). The molecule has 1 aliphatic carbocycles. The van der Waals surface area contributed by atoms with E-state index in [4.69, 9.17) is 0 Å². The molecule has 0 spiro atoms. The van der Waals surface area contributed by atoms with Gasteiger partial charge in [-0.25, -0.2) is 0 Å². The fourth-order valence-electron chi connectivity index (χ4n) is 2.78. The van der Waals surface area contributed by atoms with Crippen molar-refractivity contribution in [1.29, 1.82) is 0 Å². The zero-order chi connectivity index (χ0) is 10.7. The van der Waals surface area contributed by atoms with Gasteiger partial charge in [-0.3, -0.25) is 10.1 Å². The molecular formula is C12H22N2O. The van der Waals surface area contributed by atoms with Gasteiger partial charge < -0.3 is 4.90 Å². The van der Waals surface area contributed by atoms with Crippen molar-refractivity contribution in [1.82, 2.24) is 10.2 Å². The van der Waals surface area contributed by atoms with Gasteiger partial charge in [0.05, 0.1) is 12.7 Å². The van der Waals surface area contributed by atoms with E-state index in [1.807, 2.05) is 4.90 Å². The molecule has 1 saturated heterocycles. The summed E-state index contributed by atoms with van der Waals surface area (Å²) >= 11 is 0. The molecule has 0 radical (unpaired) electrons. The van der Waals surface area contributed by atoms with E-state index in [0.29, 0.717) is 6.54 Å². The molecule has 1 N–H and O–H groups in total. The molecule has 3 heteroatoms. The highest BCUT2D eigenvalue weighted by Gasteiger charge is 2.27.